The van der Waals surface area contributed by atoms with E-state index < -0.39 is 9.84 Å². The molecule has 0 atom stereocenters. The summed E-state index contributed by atoms with van der Waals surface area (Å²) in [4.78, 5) is 3.64. The van der Waals surface area contributed by atoms with Crippen molar-refractivity contribution in [1.29, 1.82) is 0 Å². The maximum absolute atomic E-state index is 12.0. The Balaban J connectivity index is 2.33. The van der Waals surface area contributed by atoms with Gasteiger partial charge in [-0.25, -0.2) is 8.42 Å². The van der Waals surface area contributed by atoms with Gasteiger partial charge in [0.05, 0.1) is 5.75 Å². The van der Waals surface area contributed by atoms with E-state index in [1.165, 1.54) is 18.2 Å². The van der Waals surface area contributed by atoms with E-state index in [0.29, 0.717) is 15.6 Å². The van der Waals surface area contributed by atoms with Gasteiger partial charge in [0.2, 0.25) is 19.5 Å². The minimum Gasteiger partial charge on any atom is -0.221 e. The number of hydrogen-bond acceptors (Lipinski definition) is 5. The second-order valence-corrected chi connectivity index (χ2v) is 7.49. The van der Waals surface area contributed by atoms with E-state index in [9.17, 15) is 8.42 Å². The van der Waals surface area contributed by atoms with Gasteiger partial charge in [-0.15, -0.1) is 0 Å². The van der Waals surface area contributed by atoms with Crippen LogP contribution in [0.25, 0.3) is 0 Å². The Bertz CT molecular complexity index is 665. The Morgan fingerprint density at radius 3 is 2.22 bits per heavy atom. The molecular weight excluding hydrogens is 339 g/mol. The smallest absolute Gasteiger partial charge is 0.221 e. The highest BCUT2D eigenvalue weighted by Gasteiger charge is 2.20. The third kappa shape index (κ3) is 3.33. The Morgan fingerprint density at radius 2 is 1.72 bits per heavy atom. The molecule has 0 aliphatic rings. The van der Waals surface area contributed by atoms with Gasteiger partial charge in [0.15, 0.2) is 0 Å². The fraction of sp³-hybridized carbons (Fsp3) is 0.111. The standard InChI is InChI=1S/C9H5Cl3N2O2S2/c10-6-1-5(2-7(11)3-6)4-18(15,16)9-13-8(12)14-17-9/h1-3H,4H2. The van der Waals surface area contributed by atoms with Crippen LogP contribution < -0.4 is 0 Å². The molecule has 0 spiro atoms. The summed E-state index contributed by atoms with van der Waals surface area (Å²) in [7, 11) is -3.58. The van der Waals surface area contributed by atoms with E-state index in [2.05, 4.69) is 9.36 Å². The lowest BCUT2D eigenvalue weighted by Gasteiger charge is -2.02. The van der Waals surface area contributed by atoms with E-state index >= 15 is 0 Å². The Labute approximate surface area is 123 Å². The lowest BCUT2D eigenvalue weighted by Crippen LogP contribution is -2.04. The number of benzene rings is 1. The van der Waals surface area contributed by atoms with Gasteiger partial charge in [0, 0.05) is 10.0 Å². The van der Waals surface area contributed by atoms with Crippen molar-refractivity contribution in [3.05, 3.63) is 39.1 Å². The normalized spacial score (nSPS) is 11.7. The summed E-state index contributed by atoms with van der Waals surface area (Å²) >= 11 is 17.8. The summed E-state index contributed by atoms with van der Waals surface area (Å²) in [6.45, 7) is 0. The van der Waals surface area contributed by atoms with Gasteiger partial charge in [0.25, 0.3) is 0 Å². The molecule has 0 fully saturated rings. The SMILES string of the molecule is O=S(=O)(Cc1cc(Cl)cc(Cl)c1)c1nc(Cl)ns1. The predicted octanol–water partition coefficient (Wildman–Crippen LogP) is 3.47. The highest BCUT2D eigenvalue weighted by molar-refractivity contribution is 7.92. The van der Waals surface area contributed by atoms with Crippen molar-refractivity contribution in [2.45, 2.75) is 10.1 Å². The molecule has 1 aromatic carbocycles. The fourth-order valence-electron chi connectivity index (χ4n) is 1.29. The summed E-state index contributed by atoms with van der Waals surface area (Å²) in [5.41, 5.74) is 0.485. The van der Waals surface area contributed by atoms with Gasteiger partial charge in [-0.3, -0.25) is 0 Å². The largest absolute Gasteiger partial charge is 0.235 e. The summed E-state index contributed by atoms with van der Waals surface area (Å²) in [6, 6.07) is 4.60. The van der Waals surface area contributed by atoms with Crippen molar-refractivity contribution in [3.63, 3.8) is 0 Å². The molecule has 2 rings (SSSR count). The number of hydrogen-bond donors (Lipinski definition) is 0. The summed E-state index contributed by atoms with van der Waals surface area (Å²) < 4.78 is 27.5. The van der Waals surface area contributed by atoms with Crippen LogP contribution in [0, 0.1) is 0 Å². The topological polar surface area (TPSA) is 59.9 Å². The maximum atomic E-state index is 12.0. The number of nitrogens with zero attached hydrogens (tertiary/aromatic N) is 2. The number of rotatable bonds is 3. The Morgan fingerprint density at radius 1 is 1.11 bits per heavy atom. The molecule has 2 aromatic rings. The van der Waals surface area contributed by atoms with Crippen LogP contribution in [0.1, 0.15) is 5.56 Å². The second-order valence-electron chi connectivity index (χ2n) is 3.37. The van der Waals surface area contributed by atoms with Gasteiger partial charge in [0.1, 0.15) is 0 Å². The van der Waals surface area contributed by atoms with Crippen LogP contribution in [0.4, 0.5) is 0 Å². The first kappa shape index (κ1) is 14.0. The van der Waals surface area contributed by atoms with E-state index in [-0.39, 0.29) is 15.4 Å². The van der Waals surface area contributed by atoms with E-state index in [0.717, 1.165) is 11.5 Å². The summed E-state index contributed by atoms with van der Waals surface area (Å²) in [5.74, 6) is -0.251. The molecule has 9 heteroatoms. The van der Waals surface area contributed by atoms with Crippen molar-refractivity contribution in [2.75, 3.05) is 0 Å². The molecule has 96 valence electrons. The number of aromatic nitrogens is 2. The van der Waals surface area contributed by atoms with Crippen molar-refractivity contribution in [1.82, 2.24) is 9.36 Å². The van der Waals surface area contributed by atoms with E-state index in [1.807, 2.05) is 0 Å². The number of sulfone groups is 1. The molecule has 1 heterocycles. The molecule has 18 heavy (non-hydrogen) atoms. The van der Waals surface area contributed by atoms with Gasteiger partial charge >= 0.3 is 0 Å². The van der Waals surface area contributed by atoms with Gasteiger partial charge in [-0.1, -0.05) is 23.2 Å². The molecule has 0 aliphatic heterocycles. The second kappa shape index (κ2) is 5.30. The molecular formula is C9H5Cl3N2O2S2. The van der Waals surface area contributed by atoms with Crippen molar-refractivity contribution in [3.8, 4) is 0 Å². The minimum atomic E-state index is -3.58. The van der Waals surface area contributed by atoms with Crippen LogP contribution in [-0.2, 0) is 15.6 Å². The molecule has 0 N–H and O–H groups in total. The first-order valence-electron chi connectivity index (χ1n) is 4.54. The lowest BCUT2D eigenvalue weighted by molar-refractivity contribution is 0.594. The zero-order valence-electron chi connectivity index (χ0n) is 8.60. The first-order valence-corrected chi connectivity index (χ1v) is 8.10. The third-order valence-electron chi connectivity index (χ3n) is 1.93. The van der Waals surface area contributed by atoms with Crippen LogP contribution in [-0.4, -0.2) is 17.8 Å². The van der Waals surface area contributed by atoms with Crippen molar-refractivity contribution < 1.29 is 8.42 Å². The zero-order chi connectivity index (χ0) is 13.3. The van der Waals surface area contributed by atoms with Gasteiger partial charge in [-0.05, 0) is 46.9 Å². The molecule has 0 unspecified atom stereocenters. The highest BCUT2D eigenvalue weighted by Crippen LogP contribution is 2.24. The Kier molecular flexibility index (Phi) is 4.13. The molecule has 4 nitrogen and oxygen atoms in total. The molecule has 0 aliphatic carbocycles. The average molecular weight is 344 g/mol. The molecule has 0 bridgehead atoms. The molecule has 0 amide bonds. The monoisotopic (exact) mass is 342 g/mol. The maximum Gasteiger partial charge on any atom is 0.235 e. The van der Waals surface area contributed by atoms with Crippen LogP contribution in [0.3, 0.4) is 0 Å². The van der Waals surface area contributed by atoms with Crippen LogP contribution in [0.2, 0.25) is 15.3 Å². The van der Waals surface area contributed by atoms with Gasteiger partial charge < -0.3 is 0 Å². The van der Waals surface area contributed by atoms with Crippen LogP contribution in [0.5, 0.6) is 0 Å². The molecule has 0 saturated carbocycles. The average Bonchev–Trinajstić information content (AvgIpc) is 2.62. The first-order chi connectivity index (χ1) is 8.37. The Hall–Kier alpha value is -0.400. The molecule has 1 aromatic heterocycles. The fourth-order valence-corrected chi connectivity index (χ4v) is 4.17. The zero-order valence-corrected chi connectivity index (χ0v) is 12.5. The third-order valence-corrected chi connectivity index (χ3v) is 5.47. The summed E-state index contributed by atoms with van der Waals surface area (Å²) in [5, 5.41) is 0.675. The molecule has 0 saturated heterocycles. The minimum absolute atomic E-state index is 0.0808. The highest BCUT2D eigenvalue weighted by atomic mass is 35.5. The van der Waals surface area contributed by atoms with Crippen LogP contribution in [0.15, 0.2) is 22.5 Å². The van der Waals surface area contributed by atoms with Crippen LogP contribution >= 0.6 is 46.3 Å². The predicted molar refractivity (Wildman–Crippen MR) is 72.3 cm³/mol. The van der Waals surface area contributed by atoms with Crippen molar-refractivity contribution in [2.24, 2.45) is 0 Å². The molecule has 0 radical (unpaired) electrons. The van der Waals surface area contributed by atoms with Crippen molar-refractivity contribution >= 4 is 56.2 Å². The number of halogens is 3. The van der Waals surface area contributed by atoms with Gasteiger partial charge in [-0.2, -0.15) is 9.36 Å². The van der Waals surface area contributed by atoms with E-state index in [4.69, 9.17) is 34.8 Å². The lowest BCUT2D eigenvalue weighted by atomic mass is 10.2. The summed E-state index contributed by atoms with van der Waals surface area (Å²) in [6.07, 6.45) is 0. The quantitative estimate of drug-likeness (QED) is 0.856. The van der Waals surface area contributed by atoms with E-state index in [1.54, 1.807) is 0 Å².